The molecule has 7 heteroatoms. The number of nitrogens with one attached hydrogen (secondary N) is 2. The number of hydrogen-bond donors (Lipinski definition) is 3. The van der Waals surface area contributed by atoms with Crippen molar-refractivity contribution in [3.8, 4) is 0 Å². The number of likely N-dealkylation sites (tertiary alicyclic amines) is 1. The van der Waals surface area contributed by atoms with Gasteiger partial charge in [0.2, 0.25) is 0 Å². The molecule has 118 valence electrons. The van der Waals surface area contributed by atoms with Crippen LogP contribution < -0.4 is 5.32 Å². The molecule has 1 aliphatic rings. The maximum atomic E-state index is 11.6. The smallest absolute Gasteiger partial charge is 0.407 e. The van der Waals surface area contributed by atoms with Crippen molar-refractivity contribution in [2.24, 2.45) is 0 Å². The highest BCUT2D eigenvalue weighted by Crippen LogP contribution is 2.17. The summed E-state index contributed by atoms with van der Waals surface area (Å²) in [6.07, 6.45) is 0.633. The molecule has 7 nitrogen and oxygen atoms in total. The van der Waals surface area contributed by atoms with Crippen LogP contribution in [-0.4, -0.2) is 47.0 Å². The molecule has 22 heavy (non-hydrogen) atoms. The van der Waals surface area contributed by atoms with Crippen LogP contribution in [0.1, 0.15) is 18.4 Å². The SMILES string of the molecule is N=C(CNC(=O)OCc1ccccc1)N1CCC[C@@H]1C(=O)O. The summed E-state index contributed by atoms with van der Waals surface area (Å²) in [6, 6.07) is 8.60. The topological polar surface area (TPSA) is 103 Å². The molecule has 1 fully saturated rings. The summed E-state index contributed by atoms with van der Waals surface area (Å²) in [4.78, 5) is 24.1. The predicted molar refractivity (Wildman–Crippen MR) is 79.7 cm³/mol. The zero-order valence-corrected chi connectivity index (χ0v) is 12.1. The van der Waals surface area contributed by atoms with E-state index in [1.54, 1.807) is 0 Å². The van der Waals surface area contributed by atoms with E-state index in [0.29, 0.717) is 13.0 Å². The lowest BCUT2D eigenvalue weighted by Crippen LogP contribution is -2.45. The fourth-order valence-corrected chi connectivity index (χ4v) is 2.38. The van der Waals surface area contributed by atoms with Gasteiger partial charge in [0, 0.05) is 6.54 Å². The standard InChI is InChI=1S/C15H19N3O4/c16-13(18-8-4-7-12(18)14(19)20)9-17-15(21)22-10-11-5-2-1-3-6-11/h1-3,5-6,12,16H,4,7-10H2,(H,17,21)(H,19,20)/t12-/m1/s1. The van der Waals surface area contributed by atoms with E-state index < -0.39 is 18.1 Å². The molecule has 1 saturated heterocycles. The maximum Gasteiger partial charge on any atom is 0.407 e. The minimum absolute atomic E-state index is 0.0442. The number of aliphatic carboxylic acids is 1. The number of alkyl carbamates (subject to hydrolysis) is 1. The Morgan fingerprint density at radius 2 is 2.09 bits per heavy atom. The van der Waals surface area contributed by atoms with Crippen molar-refractivity contribution in [3.63, 3.8) is 0 Å². The van der Waals surface area contributed by atoms with Crippen LogP contribution in [0.3, 0.4) is 0 Å². The molecule has 2 rings (SSSR count). The number of carboxylic acid groups (broad SMARTS) is 1. The molecule has 0 aromatic heterocycles. The van der Waals surface area contributed by atoms with Gasteiger partial charge in [0.15, 0.2) is 0 Å². The van der Waals surface area contributed by atoms with Crippen molar-refractivity contribution in [1.29, 1.82) is 5.41 Å². The van der Waals surface area contributed by atoms with Crippen LogP contribution in [0.25, 0.3) is 0 Å². The van der Waals surface area contributed by atoms with Gasteiger partial charge in [0.25, 0.3) is 0 Å². The lowest BCUT2D eigenvalue weighted by molar-refractivity contribution is -0.140. The number of rotatable bonds is 5. The third kappa shape index (κ3) is 4.21. The molecule has 1 aromatic carbocycles. The maximum absolute atomic E-state index is 11.6. The van der Waals surface area contributed by atoms with Crippen LogP contribution in [0, 0.1) is 5.41 Å². The zero-order chi connectivity index (χ0) is 15.9. The van der Waals surface area contributed by atoms with Crippen molar-refractivity contribution in [2.75, 3.05) is 13.1 Å². The minimum Gasteiger partial charge on any atom is -0.480 e. The molecule has 1 amide bonds. The third-order valence-electron chi connectivity index (χ3n) is 3.50. The first-order valence-electron chi connectivity index (χ1n) is 7.09. The minimum atomic E-state index is -0.936. The van der Waals surface area contributed by atoms with Crippen molar-refractivity contribution >= 4 is 17.9 Å². The second-order valence-corrected chi connectivity index (χ2v) is 5.05. The quantitative estimate of drug-likeness (QED) is 0.564. The normalized spacial score (nSPS) is 17.1. The number of ether oxygens (including phenoxy) is 1. The lowest BCUT2D eigenvalue weighted by Gasteiger charge is -2.24. The molecule has 1 aromatic rings. The van der Waals surface area contributed by atoms with Gasteiger partial charge >= 0.3 is 12.1 Å². The van der Waals surface area contributed by atoms with Gasteiger partial charge in [0.1, 0.15) is 18.5 Å². The summed E-state index contributed by atoms with van der Waals surface area (Å²) in [5.41, 5.74) is 0.873. The number of carbonyl (C=O) groups is 2. The second-order valence-electron chi connectivity index (χ2n) is 5.05. The molecule has 1 heterocycles. The van der Waals surface area contributed by atoms with Crippen LogP contribution in [0.15, 0.2) is 30.3 Å². The van der Waals surface area contributed by atoms with Gasteiger partial charge in [-0.3, -0.25) is 5.41 Å². The molecule has 0 unspecified atom stereocenters. The highest BCUT2D eigenvalue weighted by molar-refractivity contribution is 5.88. The van der Waals surface area contributed by atoms with Crippen molar-refractivity contribution < 1.29 is 19.4 Å². The number of amidine groups is 1. The molecule has 3 N–H and O–H groups in total. The first kappa shape index (κ1) is 15.8. The van der Waals surface area contributed by atoms with E-state index in [1.165, 1.54) is 4.90 Å². The summed E-state index contributed by atoms with van der Waals surface area (Å²) >= 11 is 0. The number of carbonyl (C=O) groups excluding carboxylic acids is 1. The Morgan fingerprint density at radius 1 is 1.36 bits per heavy atom. The molecular weight excluding hydrogens is 286 g/mol. The van der Waals surface area contributed by atoms with Gasteiger partial charge in [-0.2, -0.15) is 0 Å². The van der Waals surface area contributed by atoms with Gasteiger partial charge in [0.05, 0.1) is 6.54 Å². The first-order valence-corrected chi connectivity index (χ1v) is 7.09. The highest BCUT2D eigenvalue weighted by atomic mass is 16.5. The van der Waals surface area contributed by atoms with Gasteiger partial charge in [-0.25, -0.2) is 9.59 Å². The summed E-state index contributed by atoms with van der Waals surface area (Å²) in [7, 11) is 0. The predicted octanol–water partition coefficient (Wildman–Crippen LogP) is 1.44. The van der Waals surface area contributed by atoms with E-state index in [2.05, 4.69) is 5.32 Å². The van der Waals surface area contributed by atoms with E-state index in [0.717, 1.165) is 12.0 Å². The van der Waals surface area contributed by atoms with Gasteiger partial charge in [-0.05, 0) is 18.4 Å². The van der Waals surface area contributed by atoms with Crippen LogP contribution in [0.5, 0.6) is 0 Å². The Morgan fingerprint density at radius 3 is 2.77 bits per heavy atom. The summed E-state index contributed by atoms with van der Waals surface area (Å²) in [6.45, 7) is 0.634. The molecule has 0 bridgehead atoms. The Balaban J connectivity index is 1.74. The third-order valence-corrected chi connectivity index (χ3v) is 3.50. The monoisotopic (exact) mass is 305 g/mol. The molecule has 0 aliphatic carbocycles. The van der Waals surface area contributed by atoms with E-state index >= 15 is 0 Å². The number of nitrogens with zero attached hydrogens (tertiary/aromatic N) is 1. The molecule has 0 saturated carbocycles. The van der Waals surface area contributed by atoms with Crippen molar-refractivity contribution in [2.45, 2.75) is 25.5 Å². The molecule has 0 spiro atoms. The average Bonchev–Trinajstić information content (AvgIpc) is 3.01. The van der Waals surface area contributed by atoms with Gasteiger partial charge in [-0.1, -0.05) is 30.3 Å². The number of benzene rings is 1. The van der Waals surface area contributed by atoms with E-state index in [-0.39, 0.29) is 19.0 Å². The van der Waals surface area contributed by atoms with E-state index in [4.69, 9.17) is 15.3 Å². The molecular formula is C15H19N3O4. The second kappa shape index (κ2) is 7.44. The Labute approximate surface area is 128 Å². The summed E-state index contributed by atoms with van der Waals surface area (Å²) in [5, 5.41) is 19.4. The molecule has 1 aliphatic heterocycles. The van der Waals surface area contributed by atoms with Crippen molar-refractivity contribution in [3.05, 3.63) is 35.9 Å². The molecule has 1 atom stereocenters. The summed E-state index contributed by atoms with van der Waals surface area (Å²) in [5.74, 6) is -0.851. The summed E-state index contributed by atoms with van der Waals surface area (Å²) < 4.78 is 5.03. The van der Waals surface area contributed by atoms with Crippen LogP contribution in [0.4, 0.5) is 4.79 Å². The van der Waals surface area contributed by atoms with Crippen molar-refractivity contribution in [1.82, 2.24) is 10.2 Å². The zero-order valence-electron chi connectivity index (χ0n) is 12.1. The number of amides is 1. The van der Waals surface area contributed by atoms with E-state index in [9.17, 15) is 9.59 Å². The fourth-order valence-electron chi connectivity index (χ4n) is 2.38. The Hall–Kier alpha value is -2.57. The van der Waals surface area contributed by atoms with Gasteiger partial charge in [-0.15, -0.1) is 0 Å². The average molecular weight is 305 g/mol. The fraction of sp³-hybridized carbons (Fsp3) is 0.400. The first-order chi connectivity index (χ1) is 10.6. The van der Waals surface area contributed by atoms with Crippen LogP contribution in [-0.2, 0) is 16.1 Å². The lowest BCUT2D eigenvalue weighted by atomic mass is 10.2. The highest BCUT2D eigenvalue weighted by Gasteiger charge is 2.32. The molecule has 0 radical (unpaired) electrons. The van der Waals surface area contributed by atoms with E-state index in [1.807, 2.05) is 30.3 Å². The number of carboxylic acids is 1. The number of hydrogen-bond acceptors (Lipinski definition) is 4. The largest absolute Gasteiger partial charge is 0.480 e. The van der Waals surface area contributed by atoms with Crippen LogP contribution >= 0.6 is 0 Å². The Kier molecular flexibility index (Phi) is 5.35. The Bertz CT molecular complexity index is 547. The van der Waals surface area contributed by atoms with Gasteiger partial charge < -0.3 is 20.1 Å². The van der Waals surface area contributed by atoms with Crippen LogP contribution in [0.2, 0.25) is 0 Å².